The van der Waals surface area contributed by atoms with Crippen molar-refractivity contribution in [1.82, 2.24) is 39.5 Å². The van der Waals surface area contributed by atoms with Crippen LogP contribution in [0.3, 0.4) is 0 Å². The molecule has 14 unspecified atom stereocenters. The Kier molecular flexibility index (Phi) is 24.4. The van der Waals surface area contributed by atoms with Gasteiger partial charge >= 0.3 is 0 Å². The van der Waals surface area contributed by atoms with Gasteiger partial charge in [0, 0.05) is 182 Å². The van der Waals surface area contributed by atoms with Crippen molar-refractivity contribution in [2.45, 2.75) is 128 Å². The first-order chi connectivity index (χ1) is 50.9. The summed E-state index contributed by atoms with van der Waals surface area (Å²) in [6.45, 7) is 9.20. The molecule has 16 rings (SSSR count). The molecular weight excluding hydrogens is 1610 g/mol. The van der Waals surface area contributed by atoms with Gasteiger partial charge in [-0.1, -0.05) is 99.5 Å². The number of Topliss-reactive ketones (excluding diaryl/α,β-unsaturated/α-hetero) is 4. The molecule has 4 aliphatic carbocycles. The summed E-state index contributed by atoms with van der Waals surface area (Å²) in [5, 5.41) is 42.6. The van der Waals surface area contributed by atoms with Crippen molar-refractivity contribution in [2.24, 2.45) is 47.3 Å². The number of carbonyl (C=O) groups is 4. The van der Waals surface area contributed by atoms with E-state index < -0.39 is 24.2 Å². The van der Waals surface area contributed by atoms with Crippen LogP contribution < -0.4 is 0 Å². The Labute approximate surface area is 652 Å². The molecule has 8 N–H and O–H groups in total. The Balaban J connectivity index is 0.000000125. The normalized spacial score (nSPS) is 24.0. The van der Waals surface area contributed by atoms with Gasteiger partial charge in [-0.3, -0.25) is 38.8 Å². The number of fused-ring (bicyclic) bond motifs is 8. The van der Waals surface area contributed by atoms with Gasteiger partial charge in [0.2, 0.25) is 0 Å². The Morgan fingerprint density at radius 1 is 0.406 bits per heavy atom. The molecule has 8 aromatic rings. The number of alkyl halides is 2. The lowest BCUT2D eigenvalue weighted by molar-refractivity contribution is -0.124. The van der Waals surface area contributed by atoms with Crippen LogP contribution in [0, 0.1) is 47.3 Å². The average molecular weight is 1710 g/mol. The van der Waals surface area contributed by atoms with E-state index in [1.165, 1.54) is 102 Å². The number of hydrogen-bond donors (Lipinski definition) is 8. The van der Waals surface area contributed by atoms with E-state index in [4.69, 9.17) is 0 Å². The predicted octanol–water partition coefficient (Wildman–Crippen LogP) is 15.0. The van der Waals surface area contributed by atoms with E-state index in [1.54, 1.807) is 0 Å². The van der Waals surface area contributed by atoms with Crippen LogP contribution in [0.1, 0.15) is 111 Å². The van der Waals surface area contributed by atoms with E-state index in [0.29, 0.717) is 38.0 Å². The Morgan fingerprint density at radius 3 is 0.849 bits per heavy atom. The molecule has 0 radical (unpaired) electrons. The Hall–Kier alpha value is -5.86. The maximum absolute atomic E-state index is 13.6. The number of halogens is 6. The first-order valence-electron chi connectivity index (χ1n) is 37.5. The second kappa shape index (κ2) is 33.0. The number of hydrogen-bond acceptors (Lipinski definition) is 12. The van der Waals surface area contributed by atoms with Crippen molar-refractivity contribution in [2.75, 3.05) is 80.8 Å². The molecule has 0 saturated carbocycles. The van der Waals surface area contributed by atoms with Gasteiger partial charge in [-0.15, -0.1) is 0 Å². The van der Waals surface area contributed by atoms with Gasteiger partial charge in [0.05, 0.1) is 18.4 Å². The summed E-state index contributed by atoms with van der Waals surface area (Å²) in [4.78, 5) is 74.1. The van der Waals surface area contributed by atoms with Crippen LogP contribution in [0.4, 0.5) is 8.78 Å². The smallest absolute Gasteiger partial charge is 0.141 e. The lowest BCUT2D eigenvalue weighted by atomic mass is 9.78. The van der Waals surface area contributed by atoms with Crippen LogP contribution in [-0.2, 0) is 44.9 Å². The van der Waals surface area contributed by atoms with Crippen LogP contribution >= 0.6 is 63.7 Å². The molecule has 0 fully saturated rings. The van der Waals surface area contributed by atoms with Crippen molar-refractivity contribution in [3.63, 3.8) is 0 Å². The Morgan fingerprint density at radius 2 is 0.642 bits per heavy atom. The molecule has 14 atom stereocenters. The number of carbonyl (C=O) groups excluding carboxylic acids is 4. The summed E-state index contributed by atoms with van der Waals surface area (Å²) in [6.07, 6.45) is 12.6. The minimum atomic E-state index is -1.19. The summed E-state index contributed by atoms with van der Waals surface area (Å²) in [5.41, 5.74) is 19.5. The molecular formula is C84H98Br4F2N8O8. The minimum Gasteiger partial charge on any atom is -0.396 e. The number of ketones is 4. The Bertz CT molecular complexity index is 4490. The zero-order chi connectivity index (χ0) is 75.4. The molecule has 106 heavy (non-hydrogen) atoms. The fourth-order valence-corrected chi connectivity index (χ4v) is 20.2. The topological polar surface area (TPSA) is 225 Å². The van der Waals surface area contributed by atoms with Gasteiger partial charge in [-0.2, -0.15) is 0 Å². The molecule has 4 aromatic carbocycles. The van der Waals surface area contributed by atoms with E-state index in [0.717, 1.165) is 92.1 Å². The molecule has 0 saturated heterocycles. The number of aromatic amines is 4. The molecule has 8 heterocycles. The van der Waals surface area contributed by atoms with Crippen LogP contribution in [-0.4, -0.2) is 200 Å². The predicted molar refractivity (Wildman–Crippen MR) is 433 cm³/mol. The number of aromatic nitrogens is 4. The maximum Gasteiger partial charge on any atom is 0.141 e. The number of nitrogens with zero attached hydrogens (tertiary/aromatic N) is 4. The van der Waals surface area contributed by atoms with Gasteiger partial charge in [0.25, 0.3) is 0 Å². The van der Waals surface area contributed by atoms with E-state index in [9.17, 15) is 48.4 Å². The summed E-state index contributed by atoms with van der Waals surface area (Å²) in [5.74, 6) is -1.32. The van der Waals surface area contributed by atoms with Crippen molar-refractivity contribution in [3.05, 3.63) is 160 Å². The zero-order valence-corrected chi connectivity index (χ0v) is 67.9. The van der Waals surface area contributed by atoms with Gasteiger partial charge in [-0.25, -0.2) is 8.78 Å². The number of rotatable bonds is 20. The highest BCUT2D eigenvalue weighted by Crippen LogP contribution is 2.49. The van der Waals surface area contributed by atoms with Gasteiger partial charge in [0.15, 0.2) is 0 Å². The number of likely N-dealkylation sites (N-methyl/N-ethyl adjacent to an activating group) is 4. The maximum atomic E-state index is 13.6. The van der Waals surface area contributed by atoms with Crippen molar-refractivity contribution in [1.29, 1.82) is 0 Å². The molecule has 0 spiro atoms. The average Bonchev–Trinajstić information content (AvgIpc) is 1.51. The number of aliphatic hydroxyl groups excluding tert-OH is 4. The number of H-pyrrole nitrogens is 4. The summed E-state index contributed by atoms with van der Waals surface area (Å²) < 4.78 is 31.4. The van der Waals surface area contributed by atoms with Crippen molar-refractivity contribution < 1.29 is 48.4 Å². The molecule has 564 valence electrons. The molecule has 4 aliphatic heterocycles. The van der Waals surface area contributed by atoms with Crippen LogP contribution in [0.2, 0.25) is 0 Å². The number of aliphatic hydroxyl groups is 4. The summed E-state index contributed by atoms with van der Waals surface area (Å²) >= 11 is 14.7. The van der Waals surface area contributed by atoms with E-state index in [1.807, 2.05) is 40.1 Å². The van der Waals surface area contributed by atoms with Crippen LogP contribution in [0.15, 0.2) is 116 Å². The van der Waals surface area contributed by atoms with Crippen molar-refractivity contribution >= 4 is 153 Å². The molecule has 16 nitrogen and oxygen atoms in total. The highest BCUT2D eigenvalue weighted by molar-refractivity contribution is 9.11. The number of nitrogens with one attached hydrogen (secondary N) is 4. The summed E-state index contributed by atoms with van der Waals surface area (Å²) in [6, 6.07) is 26.2. The van der Waals surface area contributed by atoms with Crippen LogP contribution in [0.5, 0.6) is 0 Å². The molecule has 0 bridgehead atoms. The molecule has 8 aliphatic rings. The van der Waals surface area contributed by atoms with E-state index in [2.05, 4.69) is 202 Å². The molecule has 22 heteroatoms. The zero-order valence-electron chi connectivity index (χ0n) is 61.5. The largest absolute Gasteiger partial charge is 0.396 e. The van der Waals surface area contributed by atoms with E-state index in [-0.39, 0.29) is 110 Å². The lowest BCUT2D eigenvalue weighted by Gasteiger charge is -2.39. The highest BCUT2D eigenvalue weighted by Gasteiger charge is 2.42. The molecule has 0 amide bonds. The first kappa shape index (κ1) is 78.3. The van der Waals surface area contributed by atoms with Crippen molar-refractivity contribution in [3.8, 4) is 0 Å². The fraction of sp³-hybridized carbons (Fsp3) is 0.476. The second-order valence-electron chi connectivity index (χ2n) is 31.0. The monoisotopic (exact) mass is 1700 g/mol. The quantitative estimate of drug-likeness (QED) is 0.0357. The molecule has 4 aromatic heterocycles. The fourth-order valence-electron chi connectivity index (χ4n) is 17.9. The van der Waals surface area contributed by atoms with Gasteiger partial charge < -0.3 is 40.4 Å². The van der Waals surface area contributed by atoms with E-state index >= 15 is 0 Å². The third-order valence-electron chi connectivity index (χ3n) is 24.4. The van der Waals surface area contributed by atoms with Gasteiger partial charge in [0.1, 0.15) is 35.5 Å². The third-order valence-corrected chi connectivity index (χ3v) is 27.1. The minimum absolute atomic E-state index is 0.00423. The van der Waals surface area contributed by atoms with Crippen LogP contribution in [0.25, 0.3) is 65.9 Å². The highest BCUT2D eigenvalue weighted by atomic mass is 79.9. The SMILES string of the molecule is CC(F)C(CO)CC(=O)C1C=C2c3cccc4[nH]c(Br)c(c34)CC2N(C)C1.CC(F)C(CO)CC(=O)C1C=C2c3cccc4[nH]c(Br)c(c34)CC2N(C)C1.CCC(CO)CC(=O)C1C=C2c3cccc4[nH]c(Br)c(c34)CC2N(C)C1.CCC(CO)CC(=O)C1C=C2c3cccc4[nH]c(Br)c(c34)CC2N(C)C1. The second-order valence-corrected chi connectivity index (χ2v) is 34.1. The van der Waals surface area contributed by atoms with Gasteiger partial charge in [-0.05, 0) is 234 Å². The first-order valence-corrected chi connectivity index (χ1v) is 40.7. The summed E-state index contributed by atoms with van der Waals surface area (Å²) in [7, 11) is 8.33. The standard InChI is InChI=1S/2C21H24BrFN2O2.2C21H25BrN2O2/c2*1-11(23)13(10-26)7-19(27)12-6-15-14-4-3-5-17-20(14)16(21(22)24-17)8-18(15)25(2)9-12;2*1-3-12(11-25)7-19(26)13-8-15-14-5-4-6-17-20(14)16(21(22)23-17)9-18(15)24(2)10-13/h2*3-6,11-13,18,24,26H,7-10H2,1-2H3;2*4-6,8,12-13,18,23,25H,3,7,9-11H2,1-2H3. The number of benzene rings is 4. The third kappa shape index (κ3) is 15.3. The lowest BCUT2D eigenvalue weighted by Crippen LogP contribution is -2.44.